The van der Waals surface area contributed by atoms with Gasteiger partial charge < -0.3 is 5.32 Å². The zero-order valence-electron chi connectivity index (χ0n) is 13.1. The summed E-state index contributed by atoms with van der Waals surface area (Å²) in [6.45, 7) is 1.92. The molecule has 25 heavy (non-hydrogen) atoms. The summed E-state index contributed by atoms with van der Waals surface area (Å²) in [6, 6.07) is 11.6. The number of anilines is 1. The van der Waals surface area contributed by atoms with Gasteiger partial charge in [0.15, 0.2) is 5.13 Å². The summed E-state index contributed by atoms with van der Waals surface area (Å²) in [5.74, 6) is -0.872. The molecule has 0 atom stereocenters. The van der Waals surface area contributed by atoms with Crippen molar-refractivity contribution in [1.82, 2.24) is 4.98 Å². The minimum atomic E-state index is -0.500. The average molecular weight is 395 g/mol. The van der Waals surface area contributed by atoms with E-state index in [1.165, 1.54) is 23.5 Å². The molecule has 1 heterocycles. The number of carbonyl (C=O) groups excluding carboxylic acids is 1. The van der Waals surface area contributed by atoms with Crippen LogP contribution in [0.2, 0.25) is 10.0 Å². The van der Waals surface area contributed by atoms with Crippen LogP contribution in [0.3, 0.4) is 0 Å². The fourth-order valence-corrected chi connectivity index (χ4v) is 3.56. The van der Waals surface area contributed by atoms with Crippen LogP contribution in [0.15, 0.2) is 42.5 Å². The molecule has 3 nitrogen and oxygen atoms in total. The molecule has 1 N–H and O–H groups in total. The van der Waals surface area contributed by atoms with Crippen molar-refractivity contribution in [1.29, 1.82) is 0 Å². The lowest BCUT2D eigenvalue weighted by Gasteiger charge is -2.05. The molecule has 0 fully saturated rings. The Morgan fingerprint density at radius 1 is 1.20 bits per heavy atom. The highest BCUT2D eigenvalue weighted by atomic mass is 35.5. The van der Waals surface area contributed by atoms with Gasteiger partial charge in [0.2, 0.25) is 5.91 Å². The molecule has 3 rings (SSSR count). The first-order valence-electron chi connectivity index (χ1n) is 7.40. The first-order valence-corrected chi connectivity index (χ1v) is 8.97. The van der Waals surface area contributed by atoms with Gasteiger partial charge in [-0.1, -0.05) is 41.4 Å². The van der Waals surface area contributed by atoms with E-state index in [0.717, 1.165) is 16.1 Å². The number of aromatic nitrogens is 1. The van der Waals surface area contributed by atoms with Gasteiger partial charge in [-0.05, 0) is 31.2 Å². The normalized spacial score (nSPS) is 10.7. The van der Waals surface area contributed by atoms with Crippen molar-refractivity contribution in [2.75, 3.05) is 5.32 Å². The van der Waals surface area contributed by atoms with E-state index < -0.39 is 5.82 Å². The monoisotopic (exact) mass is 394 g/mol. The Hall–Kier alpha value is -1.95. The van der Waals surface area contributed by atoms with Crippen LogP contribution < -0.4 is 5.32 Å². The maximum Gasteiger partial charge on any atom is 0.230 e. The molecular weight excluding hydrogens is 382 g/mol. The summed E-state index contributed by atoms with van der Waals surface area (Å²) >= 11 is 13.2. The molecule has 0 spiro atoms. The van der Waals surface area contributed by atoms with Gasteiger partial charge in [0, 0.05) is 26.0 Å². The van der Waals surface area contributed by atoms with Gasteiger partial charge in [-0.25, -0.2) is 9.37 Å². The second-order valence-electron chi connectivity index (χ2n) is 5.36. The molecule has 2 aromatic carbocycles. The number of halogens is 3. The number of nitrogens with zero attached hydrogens (tertiary/aromatic N) is 1. The summed E-state index contributed by atoms with van der Waals surface area (Å²) in [4.78, 5) is 17.6. The highest BCUT2D eigenvalue weighted by Gasteiger charge is 2.15. The average Bonchev–Trinajstić information content (AvgIpc) is 2.92. The minimum Gasteiger partial charge on any atom is -0.302 e. The van der Waals surface area contributed by atoms with Gasteiger partial charge >= 0.3 is 0 Å². The number of rotatable bonds is 4. The molecule has 0 bridgehead atoms. The number of hydrogen-bond donors (Lipinski definition) is 1. The van der Waals surface area contributed by atoms with Crippen LogP contribution in [0, 0.1) is 12.7 Å². The topological polar surface area (TPSA) is 42.0 Å². The Balaban J connectivity index is 1.76. The zero-order chi connectivity index (χ0) is 18.0. The Morgan fingerprint density at radius 2 is 1.92 bits per heavy atom. The minimum absolute atomic E-state index is 0.152. The summed E-state index contributed by atoms with van der Waals surface area (Å²) < 4.78 is 13.8. The van der Waals surface area contributed by atoms with Crippen LogP contribution in [0.25, 0.3) is 11.3 Å². The molecule has 0 unspecified atom stereocenters. The third-order valence-corrected chi connectivity index (χ3v) is 5.05. The van der Waals surface area contributed by atoms with Crippen LogP contribution >= 0.6 is 34.5 Å². The van der Waals surface area contributed by atoms with E-state index in [4.69, 9.17) is 23.2 Å². The van der Waals surface area contributed by atoms with Crippen molar-refractivity contribution in [3.8, 4) is 11.3 Å². The molecule has 1 aromatic heterocycles. The Morgan fingerprint density at radius 3 is 2.60 bits per heavy atom. The fraction of sp³-hybridized carbons (Fsp3) is 0.111. The summed E-state index contributed by atoms with van der Waals surface area (Å²) in [5.41, 5.74) is 1.87. The maximum atomic E-state index is 13.8. The summed E-state index contributed by atoms with van der Waals surface area (Å²) in [6.07, 6.45) is -0.152. The SMILES string of the molecule is Cc1sc(NC(=O)Cc2c(F)cccc2Cl)nc1-c1ccc(Cl)cc1. The van der Waals surface area contributed by atoms with Crippen LogP contribution in [0.5, 0.6) is 0 Å². The summed E-state index contributed by atoms with van der Waals surface area (Å²) in [7, 11) is 0. The van der Waals surface area contributed by atoms with E-state index in [0.29, 0.717) is 10.2 Å². The van der Waals surface area contributed by atoms with Gasteiger partial charge in [-0.3, -0.25) is 4.79 Å². The lowest BCUT2D eigenvalue weighted by molar-refractivity contribution is -0.115. The number of benzene rings is 2. The van der Waals surface area contributed by atoms with Crippen molar-refractivity contribution >= 4 is 45.6 Å². The van der Waals surface area contributed by atoms with E-state index in [2.05, 4.69) is 10.3 Å². The molecule has 0 radical (unpaired) electrons. The van der Waals surface area contributed by atoms with E-state index in [1.807, 2.05) is 19.1 Å². The molecule has 7 heteroatoms. The van der Waals surface area contributed by atoms with Gasteiger partial charge in [-0.2, -0.15) is 0 Å². The standard InChI is InChI=1S/C18H13Cl2FN2OS/c1-10-17(11-5-7-12(19)8-6-11)23-18(25-10)22-16(24)9-13-14(20)3-2-4-15(13)21/h2-8H,9H2,1H3,(H,22,23,24). The predicted octanol–water partition coefficient (Wildman–Crippen LogP) is 5.75. The van der Waals surface area contributed by atoms with Crippen molar-refractivity contribution < 1.29 is 9.18 Å². The molecule has 1 amide bonds. The van der Waals surface area contributed by atoms with Crippen LogP contribution in [-0.2, 0) is 11.2 Å². The number of nitrogens with one attached hydrogen (secondary N) is 1. The number of thiazole rings is 1. The van der Waals surface area contributed by atoms with Gasteiger partial charge in [0.1, 0.15) is 5.82 Å². The Bertz CT molecular complexity index is 905. The largest absolute Gasteiger partial charge is 0.302 e. The third kappa shape index (κ3) is 4.18. The number of aryl methyl sites for hydroxylation is 1. The van der Waals surface area contributed by atoms with Crippen LogP contribution in [-0.4, -0.2) is 10.9 Å². The first kappa shape index (κ1) is 17.9. The molecule has 0 saturated carbocycles. The van der Waals surface area contributed by atoms with Gasteiger partial charge in [0.05, 0.1) is 12.1 Å². The van der Waals surface area contributed by atoms with Crippen molar-refractivity contribution in [2.45, 2.75) is 13.3 Å². The first-order chi connectivity index (χ1) is 11.9. The molecular formula is C18H13Cl2FN2OS. The van der Waals surface area contributed by atoms with Gasteiger partial charge in [0.25, 0.3) is 0 Å². The molecule has 0 saturated heterocycles. The quantitative estimate of drug-likeness (QED) is 0.612. The molecule has 0 aliphatic carbocycles. The number of hydrogen-bond acceptors (Lipinski definition) is 3. The second-order valence-corrected chi connectivity index (χ2v) is 7.40. The maximum absolute atomic E-state index is 13.8. The Labute approximate surface area is 158 Å². The lowest BCUT2D eigenvalue weighted by Crippen LogP contribution is -2.15. The lowest BCUT2D eigenvalue weighted by atomic mass is 10.1. The molecule has 0 aliphatic rings. The fourth-order valence-electron chi connectivity index (χ4n) is 2.35. The van der Waals surface area contributed by atoms with E-state index >= 15 is 0 Å². The molecule has 3 aromatic rings. The van der Waals surface area contributed by atoms with E-state index in [-0.39, 0.29) is 22.9 Å². The number of amides is 1. The highest BCUT2D eigenvalue weighted by Crippen LogP contribution is 2.31. The van der Waals surface area contributed by atoms with E-state index in [9.17, 15) is 9.18 Å². The summed E-state index contributed by atoms with van der Waals surface area (Å²) in [5, 5.41) is 4.04. The zero-order valence-corrected chi connectivity index (χ0v) is 15.5. The van der Waals surface area contributed by atoms with Crippen molar-refractivity contribution in [3.63, 3.8) is 0 Å². The van der Waals surface area contributed by atoms with E-state index in [1.54, 1.807) is 18.2 Å². The molecule has 128 valence electrons. The van der Waals surface area contributed by atoms with Crippen LogP contribution in [0.4, 0.5) is 9.52 Å². The highest BCUT2D eigenvalue weighted by molar-refractivity contribution is 7.16. The second kappa shape index (κ2) is 7.52. The van der Waals surface area contributed by atoms with Crippen molar-refractivity contribution in [3.05, 3.63) is 68.8 Å². The molecule has 0 aliphatic heterocycles. The van der Waals surface area contributed by atoms with Crippen molar-refractivity contribution in [2.24, 2.45) is 0 Å². The number of carbonyl (C=O) groups is 1. The predicted molar refractivity (Wildman–Crippen MR) is 101 cm³/mol. The Kier molecular flexibility index (Phi) is 5.37. The van der Waals surface area contributed by atoms with Gasteiger partial charge in [-0.15, -0.1) is 11.3 Å². The smallest absolute Gasteiger partial charge is 0.230 e. The van der Waals surface area contributed by atoms with Crippen LogP contribution in [0.1, 0.15) is 10.4 Å². The third-order valence-electron chi connectivity index (χ3n) is 3.56.